The monoisotopic (exact) mass is 237 g/mol. The van der Waals surface area contributed by atoms with Crippen LogP contribution in [0.2, 0.25) is 0 Å². The van der Waals surface area contributed by atoms with Crippen molar-refractivity contribution < 1.29 is 14.3 Å². The van der Waals surface area contributed by atoms with Gasteiger partial charge in [0.25, 0.3) is 0 Å². The lowest BCUT2D eigenvalue weighted by molar-refractivity contribution is -0.151. The molecule has 17 heavy (non-hydrogen) atoms. The summed E-state index contributed by atoms with van der Waals surface area (Å²) in [5, 5.41) is 9.25. The molecular weight excluding hydrogens is 218 g/mol. The molecule has 1 aliphatic heterocycles. The molecule has 1 aliphatic rings. The van der Waals surface area contributed by atoms with Gasteiger partial charge in [0.1, 0.15) is 5.76 Å². The molecule has 4 heteroatoms. The zero-order valence-corrected chi connectivity index (χ0v) is 10.4. The minimum atomic E-state index is -0.696. The van der Waals surface area contributed by atoms with Crippen LogP contribution >= 0.6 is 0 Å². The van der Waals surface area contributed by atoms with Gasteiger partial charge in [-0.1, -0.05) is 0 Å². The molecule has 2 heterocycles. The minimum absolute atomic E-state index is 0.600. The fourth-order valence-electron chi connectivity index (χ4n) is 2.42. The van der Waals surface area contributed by atoms with Crippen molar-refractivity contribution in [2.24, 2.45) is 5.41 Å². The Hall–Kier alpha value is -1.29. The minimum Gasteiger partial charge on any atom is -0.481 e. The third-order valence-corrected chi connectivity index (χ3v) is 3.63. The maximum atomic E-state index is 11.2. The van der Waals surface area contributed by atoms with E-state index < -0.39 is 11.4 Å². The second-order valence-corrected chi connectivity index (χ2v) is 5.21. The van der Waals surface area contributed by atoms with Crippen LogP contribution in [0, 0.1) is 12.3 Å². The molecule has 4 nitrogen and oxygen atoms in total. The molecule has 1 fully saturated rings. The first-order chi connectivity index (χ1) is 8.01. The van der Waals surface area contributed by atoms with Crippen LogP contribution in [-0.4, -0.2) is 29.1 Å². The van der Waals surface area contributed by atoms with Crippen molar-refractivity contribution in [3.8, 4) is 0 Å². The van der Waals surface area contributed by atoms with Gasteiger partial charge in [-0.2, -0.15) is 0 Å². The number of piperidine rings is 1. The second-order valence-electron chi connectivity index (χ2n) is 5.21. The highest BCUT2D eigenvalue weighted by Gasteiger charge is 2.37. The first-order valence-corrected chi connectivity index (χ1v) is 6.00. The third-order valence-electron chi connectivity index (χ3n) is 3.63. The lowest BCUT2D eigenvalue weighted by atomic mass is 9.82. The fourth-order valence-corrected chi connectivity index (χ4v) is 2.42. The highest BCUT2D eigenvalue weighted by atomic mass is 16.4. The number of aryl methyl sites for hydroxylation is 1. The molecule has 1 saturated heterocycles. The van der Waals surface area contributed by atoms with Crippen molar-refractivity contribution >= 4 is 5.97 Å². The van der Waals surface area contributed by atoms with Gasteiger partial charge in [0.15, 0.2) is 0 Å². The Morgan fingerprint density at radius 3 is 3.00 bits per heavy atom. The van der Waals surface area contributed by atoms with E-state index in [1.807, 2.05) is 19.9 Å². The molecule has 1 N–H and O–H groups in total. The Morgan fingerprint density at radius 1 is 1.65 bits per heavy atom. The normalized spacial score (nSPS) is 26.0. The quantitative estimate of drug-likeness (QED) is 0.876. The summed E-state index contributed by atoms with van der Waals surface area (Å²) < 4.78 is 5.41. The molecule has 0 amide bonds. The van der Waals surface area contributed by atoms with Crippen LogP contribution in [0.1, 0.15) is 31.1 Å². The van der Waals surface area contributed by atoms with Crippen LogP contribution in [0.4, 0.5) is 0 Å². The van der Waals surface area contributed by atoms with Crippen molar-refractivity contribution in [3.63, 3.8) is 0 Å². The van der Waals surface area contributed by atoms with E-state index in [-0.39, 0.29) is 0 Å². The number of rotatable bonds is 3. The van der Waals surface area contributed by atoms with Crippen LogP contribution in [0.5, 0.6) is 0 Å². The first-order valence-electron chi connectivity index (χ1n) is 6.00. The Kier molecular flexibility index (Phi) is 3.24. The summed E-state index contributed by atoms with van der Waals surface area (Å²) in [6.45, 7) is 6.10. The largest absolute Gasteiger partial charge is 0.481 e. The Morgan fingerprint density at radius 2 is 2.41 bits per heavy atom. The molecule has 1 unspecified atom stereocenters. The van der Waals surface area contributed by atoms with E-state index in [4.69, 9.17) is 4.42 Å². The summed E-state index contributed by atoms with van der Waals surface area (Å²) in [7, 11) is 0. The molecule has 0 aliphatic carbocycles. The summed E-state index contributed by atoms with van der Waals surface area (Å²) in [6.07, 6.45) is 3.38. The molecule has 0 aromatic carbocycles. The van der Waals surface area contributed by atoms with Gasteiger partial charge >= 0.3 is 5.97 Å². The average molecular weight is 237 g/mol. The molecule has 1 aromatic rings. The zero-order chi connectivity index (χ0) is 12.5. The van der Waals surface area contributed by atoms with Gasteiger partial charge < -0.3 is 9.52 Å². The maximum Gasteiger partial charge on any atom is 0.310 e. The molecule has 1 atom stereocenters. The molecule has 0 bridgehead atoms. The number of carboxylic acids is 1. The topological polar surface area (TPSA) is 53.7 Å². The number of likely N-dealkylation sites (tertiary alicyclic amines) is 1. The van der Waals surface area contributed by atoms with E-state index in [1.54, 1.807) is 6.26 Å². The van der Waals surface area contributed by atoms with Gasteiger partial charge in [0, 0.05) is 6.54 Å². The average Bonchev–Trinajstić information content (AvgIpc) is 2.64. The summed E-state index contributed by atoms with van der Waals surface area (Å²) >= 11 is 0. The van der Waals surface area contributed by atoms with E-state index in [9.17, 15) is 9.90 Å². The van der Waals surface area contributed by atoms with Crippen LogP contribution in [0.3, 0.4) is 0 Å². The first kappa shape index (κ1) is 12.2. The van der Waals surface area contributed by atoms with Crippen LogP contribution < -0.4 is 0 Å². The number of furan rings is 1. The summed E-state index contributed by atoms with van der Waals surface area (Å²) in [4.78, 5) is 13.4. The van der Waals surface area contributed by atoms with Crippen molar-refractivity contribution in [2.75, 3.05) is 13.1 Å². The van der Waals surface area contributed by atoms with Crippen molar-refractivity contribution in [1.82, 2.24) is 4.90 Å². The van der Waals surface area contributed by atoms with Gasteiger partial charge in [-0.05, 0) is 44.9 Å². The summed E-state index contributed by atoms with van der Waals surface area (Å²) in [6, 6.07) is 1.94. The van der Waals surface area contributed by atoms with Gasteiger partial charge in [0.05, 0.1) is 18.2 Å². The highest BCUT2D eigenvalue weighted by Crippen LogP contribution is 2.30. The van der Waals surface area contributed by atoms with E-state index in [1.165, 1.54) is 0 Å². The van der Waals surface area contributed by atoms with Crippen molar-refractivity contribution in [1.29, 1.82) is 0 Å². The number of hydrogen-bond acceptors (Lipinski definition) is 3. The third kappa shape index (κ3) is 2.52. The molecule has 94 valence electrons. The van der Waals surface area contributed by atoms with Crippen LogP contribution in [-0.2, 0) is 11.3 Å². The summed E-state index contributed by atoms with van der Waals surface area (Å²) in [5.74, 6) is 0.248. The molecule has 2 rings (SSSR count). The molecule has 0 spiro atoms. The Labute approximate surface area is 101 Å². The number of hydrogen-bond donors (Lipinski definition) is 1. The Balaban J connectivity index is 2.03. The molecular formula is C13H19NO3. The van der Waals surface area contributed by atoms with Crippen LogP contribution in [0.15, 0.2) is 16.7 Å². The SMILES string of the molecule is Cc1ccoc1CN1CCCC(C)(C(=O)O)C1. The Bertz CT molecular complexity index is 413. The number of carboxylic acid groups (broad SMARTS) is 1. The number of aliphatic carboxylic acids is 1. The van der Waals surface area contributed by atoms with Crippen molar-refractivity contribution in [2.45, 2.75) is 33.2 Å². The van der Waals surface area contributed by atoms with E-state index >= 15 is 0 Å². The lowest BCUT2D eigenvalue weighted by Gasteiger charge is -2.37. The molecule has 0 saturated carbocycles. The predicted molar refractivity (Wildman–Crippen MR) is 63.7 cm³/mol. The zero-order valence-electron chi connectivity index (χ0n) is 10.4. The number of nitrogens with zero attached hydrogens (tertiary/aromatic N) is 1. The van der Waals surface area contributed by atoms with E-state index in [0.717, 1.165) is 30.7 Å². The van der Waals surface area contributed by atoms with Crippen LogP contribution in [0.25, 0.3) is 0 Å². The maximum absolute atomic E-state index is 11.2. The van der Waals surface area contributed by atoms with E-state index in [0.29, 0.717) is 13.1 Å². The molecule has 1 aromatic heterocycles. The van der Waals surface area contributed by atoms with Gasteiger partial charge in [-0.3, -0.25) is 9.69 Å². The van der Waals surface area contributed by atoms with Gasteiger partial charge in [-0.25, -0.2) is 0 Å². The fraction of sp³-hybridized carbons (Fsp3) is 0.615. The summed E-state index contributed by atoms with van der Waals surface area (Å²) in [5.41, 5.74) is 0.520. The van der Waals surface area contributed by atoms with Crippen molar-refractivity contribution in [3.05, 3.63) is 23.7 Å². The lowest BCUT2D eigenvalue weighted by Crippen LogP contribution is -2.45. The predicted octanol–water partition coefficient (Wildman–Crippen LogP) is 2.27. The van der Waals surface area contributed by atoms with Gasteiger partial charge in [0.2, 0.25) is 0 Å². The van der Waals surface area contributed by atoms with Gasteiger partial charge in [-0.15, -0.1) is 0 Å². The standard InChI is InChI=1S/C13H19NO3/c1-10-4-7-17-11(10)8-14-6-3-5-13(2,9-14)12(15)16/h4,7H,3,5-6,8-9H2,1-2H3,(H,15,16). The smallest absolute Gasteiger partial charge is 0.310 e. The highest BCUT2D eigenvalue weighted by molar-refractivity contribution is 5.74. The van der Waals surface area contributed by atoms with E-state index in [2.05, 4.69) is 4.90 Å². The molecule has 0 radical (unpaired) electrons. The second kappa shape index (κ2) is 4.53. The number of carbonyl (C=O) groups is 1.